The second-order valence-electron chi connectivity index (χ2n) is 6.49. The minimum atomic E-state index is -3.76. The van der Waals surface area contributed by atoms with Crippen LogP contribution < -0.4 is 5.32 Å². The fourth-order valence-electron chi connectivity index (χ4n) is 3.20. The average molecular weight is 389 g/mol. The standard InChI is InChI=1S/C19H17ClN2O3S/c20-15-4-6-16(7-5-15)26(24,25)19(9-10-19)18(23)22-12-14-3-1-2-13-8-11-21-17(13)14/h1-8,11,21H,9-10,12H2,(H,22,23). The minimum Gasteiger partial charge on any atom is -0.361 e. The maximum atomic E-state index is 12.9. The largest absolute Gasteiger partial charge is 0.361 e. The maximum absolute atomic E-state index is 12.9. The van der Waals surface area contributed by atoms with Gasteiger partial charge < -0.3 is 10.3 Å². The number of para-hydroxylation sites is 1. The van der Waals surface area contributed by atoms with Gasteiger partial charge in [-0.05, 0) is 54.1 Å². The Hall–Kier alpha value is -2.31. The number of halogens is 1. The minimum absolute atomic E-state index is 0.126. The van der Waals surface area contributed by atoms with E-state index in [-0.39, 0.29) is 11.4 Å². The van der Waals surface area contributed by atoms with E-state index in [0.29, 0.717) is 17.9 Å². The summed E-state index contributed by atoms with van der Waals surface area (Å²) in [5.74, 6) is -0.448. The van der Waals surface area contributed by atoms with Crippen molar-refractivity contribution < 1.29 is 13.2 Å². The molecule has 1 fully saturated rings. The molecule has 1 aliphatic rings. The molecule has 1 aromatic heterocycles. The highest BCUT2D eigenvalue weighted by molar-refractivity contribution is 7.94. The Morgan fingerprint density at radius 3 is 2.54 bits per heavy atom. The number of hydrogen-bond donors (Lipinski definition) is 2. The zero-order valence-electron chi connectivity index (χ0n) is 13.8. The monoisotopic (exact) mass is 388 g/mol. The molecule has 0 spiro atoms. The van der Waals surface area contributed by atoms with E-state index in [4.69, 9.17) is 11.6 Å². The van der Waals surface area contributed by atoms with Gasteiger partial charge in [0.1, 0.15) is 0 Å². The number of fused-ring (bicyclic) bond motifs is 1. The quantitative estimate of drug-likeness (QED) is 0.702. The summed E-state index contributed by atoms with van der Waals surface area (Å²) < 4.78 is 24.5. The second-order valence-corrected chi connectivity index (χ2v) is 9.19. The number of aromatic nitrogens is 1. The lowest BCUT2D eigenvalue weighted by Gasteiger charge is -2.16. The third-order valence-corrected chi connectivity index (χ3v) is 7.64. The Morgan fingerprint density at radius 1 is 1.12 bits per heavy atom. The molecule has 5 nitrogen and oxygen atoms in total. The lowest BCUT2D eigenvalue weighted by atomic mass is 10.1. The first-order chi connectivity index (χ1) is 12.4. The Labute approximate surface area is 156 Å². The smallest absolute Gasteiger partial charge is 0.242 e. The molecule has 3 aromatic rings. The van der Waals surface area contributed by atoms with Crippen molar-refractivity contribution in [2.24, 2.45) is 0 Å². The van der Waals surface area contributed by atoms with Crippen LogP contribution in [0.2, 0.25) is 5.02 Å². The number of benzene rings is 2. The van der Waals surface area contributed by atoms with Crippen molar-refractivity contribution in [1.29, 1.82) is 0 Å². The van der Waals surface area contributed by atoms with Gasteiger partial charge in [-0.1, -0.05) is 29.8 Å². The van der Waals surface area contributed by atoms with Crippen LogP contribution in [-0.4, -0.2) is 24.1 Å². The van der Waals surface area contributed by atoms with Crippen molar-refractivity contribution >= 4 is 38.2 Å². The molecule has 0 unspecified atom stereocenters. The number of aromatic amines is 1. The first kappa shape index (κ1) is 17.1. The predicted octanol–water partition coefficient (Wildman–Crippen LogP) is 3.44. The first-order valence-electron chi connectivity index (χ1n) is 8.27. The molecule has 1 heterocycles. The fourth-order valence-corrected chi connectivity index (χ4v) is 5.23. The molecule has 0 aliphatic heterocycles. The first-order valence-corrected chi connectivity index (χ1v) is 10.1. The number of hydrogen-bond acceptors (Lipinski definition) is 3. The average Bonchev–Trinajstić information content (AvgIpc) is 3.32. The molecule has 2 N–H and O–H groups in total. The molecule has 4 rings (SSSR count). The molecule has 7 heteroatoms. The molecule has 1 amide bonds. The van der Waals surface area contributed by atoms with Crippen molar-refractivity contribution in [2.75, 3.05) is 0 Å². The van der Waals surface area contributed by atoms with Crippen LogP contribution in [0.4, 0.5) is 0 Å². The summed E-state index contributed by atoms with van der Waals surface area (Å²) in [7, 11) is -3.76. The van der Waals surface area contributed by atoms with Crippen LogP contribution >= 0.6 is 11.6 Å². The van der Waals surface area contributed by atoms with Gasteiger partial charge in [0.05, 0.1) is 10.4 Å². The predicted molar refractivity (Wildman–Crippen MR) is 101 cm³/mol. The van der Waals surface area contributed by atoms with Gasteiger partial charge in [0.2, 0.25) is 5.91 Å². The lowest BCUT2D eigenvalue weighted by molar-refractivity contribution is -0.121. The van der Waals surface area contributed by atoms with Gasteiger partial charge in [-0.2, -0.15) is 0 Å². The van der Waals surface area contributed by atoms with Crippen LogP contribution in [0, 0.1) is 0 Å². The van der Waals surface area contributed by atoms with E-state index in [9.17, 15) is 13.2 Å². The molecular formula is C19H17ClN2O3S. The highest BCUT2D eigenvalue weighted by Crippen LogP contribution is 2.47. The van der Waals surface area contributed by atoms with Crippen LogP contribution in [0.15, 0.2) is 59.6 Å². The molecule has 134 valence electrons. The van der Waals surface area contributed by atoms with Crippen LogP contribution in [0.3, 0.4) is 0 Å². The van der Waals surface area contributed by atoms with Crippen molar-refractivity contribution in [3.8, 4) is 0 Å². The van der Waals surface area contributed by atoms with Gasteiger partial charge in [0.25, 0.3) is 0 Å². The normalized spacial score (nSPS) is 15.7. The van der Waals surface area contributed by atoms with Crippen molar-refractivity contribution in [3.05, 3.63) is 65.3 Å². The third-order valence-electron chi connectivity index (χ3n) is 4.87. The van der Waals surface area contributed by atoms with E-state index in [0.717, 1.165) is 16.5 Å². The number of sulfone groups is 1. The molecule has 0 atom stereocenters. The number of rotatable bonds is 5. The highest BCUT2D eigenvalue weighted by Gasteiger charge is 2.61. The van der Waals surface area contributed by atoms with Crippen LogP contribution in [0.5, 0.6) is 0 Å². The molecule has 2 aromatic carbocycles. The topological polar surface area (TPSA) is 79.0 Å². The van der Waals surface area contributed by atoms with E-state index >= 15 is 0 Å². The van der Waals surface area contributed by atoms with Gasteiger partial charge in [-0.3, -0.25) is 4.79 Å². The van der Waals surface area contributed by atoms with Gasteiger partial charge in [-0.15, -0.1) is 0 Å². The van der Waals surface area contributed by atoms with Crippen molar-refractivity contribution in [1.82, 2.24) is 10.3 Å². The summed E-state index contributed by atoms with van der Waals surface area (Å²) in [6.07, 6.45) is 2.50. The van der Waals surface area contributed by atoms with Crippen molar-refractivity contribution in [2.45, 2.75) is 29.0 Å². The fraction of sp³-hybridized carbons (Fsp3) is 0.211. The van der Waals surface area contributed by atoms with Crippen LogP contribution in [-0.2, 0) is 21.2 Å². The molecule has 1 saturated carbocycles. The number of amides is 1. The van der Waals surface area contributed by atoms with E-state index in [1.165, 1.54) is 24.3 Å². The number of carbonyl (C=O) groups is 1. The number of carbonyl (C=O) groups excluding carboxylic acids is 1. The van der Waals surface area contributed by atoms with E-state index in [1.807, 2.05) is 30.5 Å². The van der Waals surface area contributed by atoms with Crippen LogP contribution in [0.25, 0.3) is 10.9 Å². The Kier molecular flexibility index (Phi) is 4.04. The number of H-pyrrole nitrogens is 1. The summed E-state index contributed by atoms with van der Waals surface area (Å²) >= 11 is 5.83. The summed E-state index contributed by atoms with van der Waals surface area (Å²) in [6, 6.07) is 13.7. The summed E-state index contributed by atoms with van der Waals surface area (Å²) in [5, 5.41) is 4.31. The second kappa shape index (κ2) is 6.14. The third kappa shape index (κ3) is 2.70. The van der Waals surface area contributed by atoms with Gasteiger partial charge in [-0.25, -0.2) is 8.42 Å². The SMILES string of the molecule is O=C(NCc1cccc2cc[nH]c12)C1(S(=O)(=O)c2ccc(Cl)cc2)CC1. The lowest BCUT2D eigenvalue weighted by Crippen LogP contribution is -2.41. The Balaban J connectivity index is 1.56. The molecule has 0 saturated heterocycles. The molecule has 0 bridgehead atoms. The van der Waals surface area contributed by atoms with Gasteiger partial charge in [0.15, 0.2) is 14.6 Å². The molecule has 1 aliphatic carbocycles. The van der Waals surface area contributed by atoms with E-state index < -0.39 is 20.5 Å². The zero-order chi connectivity index (χ0) is 18.4. The van der Waals surface area contributed by atoms with Gasteiger partial charge >= 0.3 is 0 Å². The summed E-state index contributed by atoms with van der Waals surface area (Å²) in [5.41, 5.74) is 1.86. The van der Waals surface area contributed by atoms with E-state index in [2.05, 4.69) is 10.3 Å². The molecule has 26 heavy (non-hydrogen) atoms. The molecule has 0 radical (unpaired) electrons. The van der Waals surface area contributed by atoms with Crippen molar-refractivity contribution in [3.63, 3.8) is 0 Å². The van der Waals surface area contributed by atoms with Gasteiger partial charge in [0, 0.05) is 17.8 Å². The van der Waals surface area contributed by atoms with Crippen LogP contribution in [0.1, 0.15) is 18.4 Å². The zero-order valence-corrected chi connectivity index (χ0v) is 15.4. The Morgan fingerprint density at radius 2 is 1.85 bits per heavy atom. The Bertz CT molecular complexity index is 1080. The number of nitrogens with one attached hydrogen (secondary N) is 2. The summed E-state index contributed by atoms with van der Waals surface area (Å²) in [6.45, 7) is 0.272. The maximum Gasteiger partial charge on any atom is 0.242 e. The summed E-state index contributed by atoms with van der Waals surface area (Å²) in [4.78, 5) is 16.0. The highest BCUT2D eigenvalue weighted by atomic mass is 35.5. The molecular weight excluding hydrogens is 372 g/mol. The van der Waals surface area contributed by atoms with E-state index in [1.54, 1.807) is 0 Å².